The van der Waals surface area contributed by atoms with Crippen molar-refractivity contribution < 1.29 is 29.6 Å². The molecule has 0 bridgehead atoms. The molecule has 0 aromatic carbocycles. The molecule has 0 spiro atoms. The van der Waals surface area contributed by atoms with Crippen LogP contribution >= 0.6 is 0 Å². The largest absolute Gasteiger partial charge is 1.00 e. The van der Waals surface area contributed by atoms with Crippen LogP contribution < -0.4 is 29.6 Å². The molecule has 0 aromatic rings. The SMILES string of the molecule is CCC([NH-])(CC)CC.[Na+]. The van der Waals surface area contributed by atoms with Crippen LogP contribution in [0.25, 0.3) is 5.73 Å². The molecule has 1 nitrogen and oxygen atoms in total. The van der Waals surface area contributed by atoms with Crippen LogP contribution in [0.2, 0.25) is 0 Å². The maximum atomic E-state index is 7.67. The molecule has 9 heavy (non-hydrogen) atoms. The van der Waals surface area contributed by atoms with E-state index in [4.69, 9.17) is 5.73 Å². The van der Waals surface area contributed by atoms with Gasteiger partial charge in [0, 0.05) is 0 Å². The van der Waals surface area contributed by atoms with Gasteiger partial charge in [0.2, 0.25) is 0 Å². The maximum absolute atomic E-state index is 7.67. The van der Waals surface area contributed by atoms with Gasteiger partial charge < -0.3 is 5.73 Å². The fourth-order valence-corrected chi connectivity index (χ4v) is 0.750. The van der Waals surface area contributed by atoms with Crippen molar-refractivity contribution in [1.29, 1.82) is 0 Å². The normalized spacial score (nSPS) is 10.7. The number of rotatable bonds is 3. The molecule has 1 N–H and O–H groups in total. The average molecular weight is 137 g/mol. The van der Waals surface area contributed by atoms with Crippen molar-refractivity contribution in [3.8, 4) is 0 Å². The van der Waals surface area contributed by atoms with Crippen molar-refractivity contribution in [1.82, 2.24) is 0 Å². The van der Waals surface area contributed by atoms with Gasteiger partial charge in [0.25, 0.3) is 0 Å². The Hall–Kier alpha value is 0.960. The fraction of sp³-hybridized carbons (Fsp3) is 1.00. The topological polar surface area (TPSA) is 23.8 Å². The predicted octanol–water partition coefficient (Wildman–Crippen LogP) is 0.0114. The minimum absolute atomic E-state index is 0. The molecule has 0 aliphatic heterocycles. The molecule has 0 rings (SSSR count). The van der Waals surface area contributed by atoms with E-state index in [0.717, 1.165) is 19.3 Å². The van der Waals surface area contributed by atoms with E-state index in [1.807, 2.05) is 0 Å². The summed E-state index contributed by atoms with van der Waals surface area (Å²) in [6.45, 7) is 6.25. The van der Waals surface area contributed by atoms with Gasteiger partial charge in [-0.05, 0) is 0 Å². The van der Waals surface area contributed by atoms with Crippen LogP contribution in [0.1, 0.15) is 40.0 Å². The Balaban J connectivity index is 0. The summed E-state index contributed by atoms with van der Waals surface area (Å²) in [6.07, 6.45) is 2.96. The Morgan fingerprint density at radius 3 is 1.22 bits per heavy atom. The fourth-order valence-electron chi connectivity index (χ4n) is 0.750. The number of hydrogen-bond donors (Lipinski definition) is 0. The van der Waals surface area contributed by atoms with Gasteiger partial charge in [-0.25, -0.2) is 0 Å². The summed E-state index contributed by atoms with van der Waals surface area (Å²) in [5.41, 5.74) is 7.54. The third kappa shape index (κ3) is 4.38. The first-order chi connectivity index (χ1) is 3.68. The predicted molar refractivity (Wildman–Crippen MR) is 37.9 cm³/mol. The summed E-state index contributed by atoms with van der Waals surface area (Å²) in [7, 11) is 0. The molecule has 0 aliphatic carbocycles. The first-order valence-corrected chi connectivity index (χ1v) is 3.43. The van der Waals surface area contributed by atoms with Crippen LogP contribution in [-0.2, 0) is 0 Å². The molecule has 0 heterocycles. The molecular weight excluding hydrogens is 121 g/mol. The summed E-state index contributed by atoms with van der Waals surface area (Å²) < 4.78 is 0. The monoisotopic (exact) mass is 137 g/mol. The average Bonchev–Trinajstić information content (AvgIpc) is 1.87. The Morgan fingerprint density at radius 1 is 1.00 bits per heavy atom. The third-order valence-corrected chi connectivity index (χ3v) is 2.03. The van der Waals surface area contributed by atoms with Crippen LogP contribution in [0.3, 0.4) is 0 Å². The molecule has 0 saturated carbocycles. The zero-order valence-electron chi connectivity index (χ0n) is 7.12. The molecule has 0 amide bonds. The molecule has 2 heteroatoms. The molecule has 0 aliphatic rings. The van der Waals surface area contributed by atoms with Crippen LogP contribution in [0, 0.1) is 0 Å². The van der Waals surface area contributed by atoms with Gasteiger partial charge in [-0.15, -0.1) is 5.54 Å². The van der Waals surface area contributed by atoms with E-state index in [1.54, 1.807) is 0 Å². The van der Waals surface area contributed by atoms with E-state index in [1.165, 1.54) is 0 Å². The first-order valence-electron chi connectivity index (χ1n) is 3.43. The van der Waals surface area contributed by atoms with Gasteiger partial charge in [0.1, 0.15) is 0 Å². The smallest absolute Gasteiger partial charge is 0.672 e. The second kappa shape index (κ2) is 5.72. The van der Waals surface area contributed by atoms with E-state index in [9.17, 15) is 0 Å². The third-order valence-electron chi connectivity index (χ3n) is 2.03. The molecule has 0 atom stereocenters. The van der Waals surface area contributed by atoms with Gasteiger partial charge in [-0.2, -0.15) is 0 Å². The van der Waals surface area contributed by atoms with E-state index in [2.05, 4.69) is 20.8 Å². The van der Waals surface area contributed by atoms with E-state index >= 15 is 0 Å². The van der Waals surface area contributed by atoms with Gasteiger partial charge in [-0.1, -0.05) is 40.0 Å². The van der Waals surface area contributed by atoms with E-state index in [-0.39, 0.29) is 35.1 Å². The van der Waals surface area contributed by atoms with Crippen LogP contribution in [0.5, 0.6) is 0 Å². The van der Waals surface area contributed by atoms with E-state index in [0.29, 0.717) is 0 Å². The standard InChI is InChI=1S/C7H16N.Na/c1-4-7(8,5-2)6-3;/h8H,4-6H2,1-3H3;/q-1;+1. The minimum Gasteiger partial charge on any atom is -0.672 e. The molecule has 50 valence electrons. The Morgan fingerprint density at radius 2 is 1.22 bits per heavy atom. The van der Waals surface area contributed by atoms with Crippen molar-refractivity contribution in [3.05, 3.63) is 5.73 Å². The Bertz CT molecular complexity index is 51.7. The molecular formula is C7H16NNa. The summed E-state index contributed by atoms with van der Waals surface area (Å²) in [5.74, 6) is 0. The summed E-state index contributed by atoms with van der Waals surface area (Å²) in [5, 5.41) is 0. The Kier molecular flexibility index (Phi) is 8.02. The first kappa shape index (κ1) is 12.6. The summed E-state index contributed by atoms with van der Waals surface area (Å²) in [6, 6.07) is 0. The zero-order valence-corrected chi connectivity index (χ0v) is 9.12. The van der Waals surface area contributed by atoms with Crippen molar-refractivity contribution in [3.63, 3.8) is 0 Å². The van der Waals surface area contributed by atoms with Crippen LogP contribution in [0.15, 0.2) is 0 Å². The van der Waals surface area contributed by atoms with E-state index < -0.39 is 0 Å². The van der Waals surface area contributed by atoms with Crippen LogP contribution in [0.4, 0.5) is 0 Å². The van der Waals surface area contributed by atoms with Crippen LogP contribution in [-0.4, -0.2) is 5.54 Å². The second-order valence-corrected chi connectivity index (χ2v) is 2.34. The number of hydrogen-bond acceptors (Lipinski definition) is 0. The quantitative estimate of drug-likeness (QED) is 0.489. The van der Waals surface area contributed by atoms with Gasteiger partial charge in [-0.3, -0.25) is 0 Å². The molecule has 0 saturated heterocycles. The summed E-state index contributed by atoms with van der Waals surface area (Å²) in [4.78, 5) is 0. The maximum Gasteiger partial charge on any atom is 1.00 e. The molecule has 0 fully saturated rings. The molecule has 0 unspecified atom stereocenters. The van der Waals surface area contributed by atoms with Crippen molar-refractivity contribution in [2.45, 2.75) is 45.6 Å². The zero-order chi connectivity index (χ0) is 6.62. The van der Waals surface area contributed by atoms with Crippen molar-refractivity contribution in [2.24, 2.45) is 0 Å². The molecule has 0 radical (unpaired) electrons. The minimum atomic E-state index is -0.125. The Labute approximate surface area is 80.7 Å². The van der Waals surface area contributed by atoms with Gasteiger partial charge in [0.15, 0.2) is 0 Å². The summed E-state index contributed by atoms with van der Waals surface area (Å²) >= 11 is 0. The van der Waals surface area contributed by atoms with Crippen molar-refractivity contribution in [2.75, 3.05) is 0 Å². The second-order valence-electron chi connectivity index (χ2n) is 2.34. The van der Waals surface area contributed by atoms with Gasteiger partial charge >= 0.3 is 29.6 Å². The number of nitrogens with one attached hydrogen (secondary N) is 1. The van der Waals surface area contributed by atoms with Crippen molar-refractivity contribution >= 4 is 0 Å². The van der Waals surface area contributed by atoms with Gasteiger partial charge in [0.05, 0.1) is 0 Å². The molecule has 0 aromatic heterocycles.